The summed E-state index contributed by atoms with van der Waals surface area (Å²) >= 11 is 12.4. The van der Waals surface area contributed by atoms with Gasteiger partial charge in [-0.05, 0) is 74.9 Å². The van der Waals surface area contributed by atoms with E-state index >= 15 is 0 Å². The molecule has 19 heteroatoms. The minimum absolute atomic E-state index is 0.000952. The van der Waals surface area contributed by atoms with E-state index in [0.29, 0.717) is 5.56 Å². The second kappa shape index (κ2) is 13.7. The number of hydrogen-bond donors (Lipinski definition) is 3. The molecule has 0 aliphatic rings. The molecular formula is C29H24Cl2F6N6O4S. The topological polar surface area (TPSA) is 135 Å². The zero-order valence-corrected chi connectivity index (χ0v) is 27.2. The molecule has 0 atom stereocenters. The largest absolute Gasteiger partial charge is 0.417 e. The molecule has 2 aromatic carbocycles. The van der Waals surface area contributed by atoms with Crippen LogP contribution in [-0.2, 0) is 28.9 Å². The van der Waals surface area contributed by atoms with Gasteiger partial charge in [-0.2, -0.15) is 31.4 Å². The average molecular weight is 738 g/mol. The monoisotopic (exact) mass is 736 g/mol. The minimum Gasteiger partial charge on any atom is -0.350 e. The van der Waals surface area contributed by atoms with Crippen LogP contribution in [0.25, 0.3) is 5.82 Å². The van der Waals surface area contributed by atoms with E-state index in [9.17, 15) is 44.3 Å². The summed E-state index contributed by atoms with van der Waals surface area (Å²) in [5.41, 5.74) is -3.75. The van der Waals surface area contributed by atoms with Crippen LogP contribution in [0.2, 0.25) is 10.0 Å². The van der Waals surface area contributed by atoms with Crippen molar-refractivity contribution in [3.05, 3.63) is 98.4 Å². The van der Waals surface area contributed by atoms with Crippen LogP contribution in [0.15, 0.2) is 59.6 Å². The number of carbonyl (C=O) groups excluding carboxylic acids is 2. The predicted octanol–water partition coefficient (Wildman–Crippen LogP) is 6.79. The highest BCUT2D eigenvalue weighted by atomic mass is 35.5. The summed E-state index contributed by atoms with van der Waals surface area (Å²) in [5, 5.41) is 9.68. The molecule has 0 radical (unpaired) electrons. The lowest BCUT2D eigenvalue weighted by atomic mass is 10.1. The molecule has 0 saturated carbocycles. The number of aryl methyl sites for hydroxylation is 1. The standard InChI is InChI=1S/C29H24Cl2F6N6O4S/c1-14(2)40-26(44)19-11-17(30)9-15(3)24(19)41-27(45)22-12-18(42-43(22)25-21(31)5-4-8-38-25)13-39-48(46,47)23-7-6-16(28(32,33)34)10-20(23)29(35,36)37/h4-12,14,39H,13H2,1-3H3,(H,40,44)(H,41,45). The normalized spacial score (nSPS) is 12.3. The number of halogens is 8. The van der Waals surface area contributed by atoms with Crippen LogP contribution in [0.1, 0.15) is 57.1 Å². The third kappa shape index (κ3) is 8.26. The van der Waals surface area contributed by atoms with Crippen LogP contribution in [-0.4, -0.2) is 41.0 Å². The van der Waals surface area contributed by atoms with E-state index in [2.05, 4.69) is 20.7 Å². The lowest BCUT2D eigenvalue weighted by Crippen LogP contribution is -2.31. The number of anilines is 1. The van der Waals surface area contributed by atoms with E-state index in [1.807, 2.05) is 4.72 Å². The van der Waals surface area contributed by atoms with Crippen molar-refractivity contribution < 1.29 is 44.3 Å². The molecule has 48 heavy (non-hydrogen) atoms. The van der Waals surface area contributed by atoms with Crippen molar-refractivity contribution in [3.63, 3.8) is 0 Å². The summed E-state index contributed by atoms with van der Waals surface area (Å²) in [6.07, 6.45) is -9.32. The minimum atomic E-state index is -5.46. The quantitative estimate of drug-likeness (QED) is 0.162. The Morgan fingerprint density at radius 3 is 2.25 bits per heavy atom. The molecule has 0 spiro atoms. The Hall–Kier alpha value is -4.19. The first-order chi connectivity index (χ1) is 22.2. The fourth-order valence-corrected chi connectivity index (χ4v) is 6.07. The van der Waals surface area contributed by atoms with Gasteiger partial charge in [0.1, 0.15) is 5.69 Å². The molecule has 4 aromatic rings. The highest BCUT2D eigenvalue weighted by molar-refractivity contribution is 7.89. The highest BCUT2D eigenvalue weighted by Crippen LogP contribution is 2.39. The third-order valence-electron chi connectivity index (χ3n) is 6.48. The molecule has 0 bridgehead atoms. The molecule has 10 nitrogen and oxygen atoms in total. The van der Waals surface area contributed by atoms with Gasteiger partial charge in [-0.25, -0.2) is 22.8 Å². The Kier molecular flexibility index (Phi) is 10.5. The Bertz CT molecular complexity index is 2000. The molecular weight excluding hydrogens is 713 g/mol. The van der Waals surface area contributed by atoms with Gasteiger partial charge in [0.05, 0.1) is 44.5 Å². The number of sulfonamides is 1. The summed E-state index contributed by atoms with van der Waals surface area (Å²) in [7, 11) is -5.10. The first-order valence-electron chi connectivity index (χ1n) is 13.6. The van der Waals surface area contributed by atoms with Crippen LogP contribution in [0.5, 0.6) is 0 Å². The van der Waals surface area contributed by atoms with Crippen molar-refractivity contribution in [2.45, 2.75) is 50.6 Å². The number of amides is 2. The SMILES string of the molecule is Cc1cc(Cl)cc(C(=O)NC(C)C)c1NC(=O)c1cc(CNS(=O)(=O)c2ccc(C(F)(F)F)cc2C(F)(F)F)nn1-c1ncccc1Cl. The van der Waals surface area contributed by atoms with Crippen molar-refractivity contribution in [2.75, 3.05) is 5.32 Å². The lowest BCUT2D eigenvalue weighted by molar-refractivity contribution is -0.144. The maximum atomic E-state index is 13.7. The number of aromatic nitrogens is 3. The van der Waals surface area contributed by atoms with Gasteiger partial charge in [0.25, 0.3) is 11.8 Å². The Labute approximate surface area is 279 Å². The molecule has 2 amide bonds. The Morgan fingerprint density at radius 1 is 0.958 bits per heavy atom. The Morgan fingerprint density at radius 2 is 1.65 bits per heavy atom. The van der Waals surface area contributed by atoms with Gasteiger partial charge in [0.2, 0.25) is 10.0 Å². The number of carbonyl (C=O) groups is 2. The number of nitrogens with one attached hydrogen (secondary N) is 3. The molecule has 3 N–H and O–H groups in total. The van der Waals surface area contributed by atoms with E-state index in [1.54, 1.807) is 20.8 Å². The molecule has 0 unspecified atom stereocenters. The zero-order chi connectivity index (χ0) is 35.8. The van der Waals surface area contributed by atoms with Crippen molar-refractivity contribution in [2.24, 2.45) is 0 Å². The molecule has 0 saturated heterocycles. The number of nitrogens with zero attached hydrogens (tertiary/aromatic N) is 3. The lowest BCUT2D eigenvalue weighted by Gasteiger charge is -2.16. The first-order valence-corrected chi connectivity index (χ1v) is 15.8. The maximum Gasteiger partial charge on any atom is 0.417 e. The van der Waals surface area contributed by atoms with Crippen molar-refractivity contribution in [1.82, 2.24) is 24.8 Å². The summed E-state index contributed by atoms with van der Waals surface area (Å²) < 4.78 is 109. The van der Waals surface area contributed by atoms with Crippen LogP contribution in [0.3, 0.4) is 0 Å². The van der Waals surface area contributed by atoms with Gasteiger partial charge in [-0.15, -0.1) is 0 Å². The van der Waals surface area contributed by atoms with Crippen molar-refractivity contribution in [3.8, 4) is 5.82 Å². The van der Waals surface area contributed by atoms with E-state index in [4.69, 9.17) is 23.2 Å². The predicted molar refractivity (Wildman–Crippen MR) is 164 cm³/mol. The van der Waals surface area contributed by atoms with Gasteiger partial charge < -0.3 is 10.6 Å². The van der Waals surface area contributed by atoms with Gasteiger partial charge in [-0.1, -0.05) is 23.2 Å². The van der Waals surface area contributed by atoms with E-state index in [-0.39, 0.29) is 62.7 Å². The molecule has 0 fully saturated rings. The summed E-state index contributed by atoms with van der Waals surface area (Å²) in [6.45, 7) is 4.21. The van der Waals surface area contributed by atoms with Crippen molar-refractivity contribution >= 4 is 50.7 Å². The molecule has 2 aromatic heterocycles. The van der Waals surface area contributed by atoms with Crippen LogP contribution in [0.4, 0.5) is 32.0 Å². The number of pyridine rings is 1. The van der Waals surface area contributed by atoms with E-state index in [0.717, 1.165) is 10.7 Å². The molecule has 0 aliphatic carbocycles. The molecule has 0 aliphatic heterocycles. The fraction of sp³-hybridized carbons (Fsp3) is 0.241. The number of benzene rings is 2. The maximum absolute atomic E-state index is 13.7. The highest BCUT2D eigenvalue weighted by Gasteiger charge is 2.41. The average Bonchev–Trinajstić information content (AvgIpc) is 3.40. The van der Waals surface area contributed by atoms with Crippen molar-refractivity contribution in [1.29, 1.82) is 0 Å². The van der Waals surface area contributed by atoms with E-state index < -0.39 is 56.8 Å². The zero-order valence-electron chi connectivity index (χ0n) is 24.9. The summed E-state index contributed by atoms with van der Waals surface area (Å²) in [5.74, 6) is -1.53. The fourth-order valence-electron chi connectivity index (χ4n) is 4.39. The molecule has 4 rings (SSSR count). The van der Waals surface area contributed by atoms with Gasteiger partial charge in [0.15, 0.2) is 5.82 Å². The smallest absolute Gasteiger partial charge is 0.350 e. The summed E-state index contributed by atoms with van der Waals surface area (Å²) in [4.78, 5) is 29.3. The number of hydrogen-bond acceptors (Lipinski definition) is 6. The first kappa shape index (κ1) is 36.6. The Balaban J connectivity index is 1.73. The molecule has 2 heterocycles. The van der Waals surface area contributed by atoms with Gasteiger partial charge >= 0.3 is 12.4 Å². The van der Waals surface area contributed by atoms with Crippen LogP contribution >= 0.6 is 23.2 Å². The van der Waals surface area contributed by atoms with Gasteiger partial charge in [0, 0.05) is 17.3 Å². The number of alkyl halides is 6. The van der Waals surface area contributed by atoms with Gasteiger partial charge in [-0.3, -0.25) is 9.59 Å². The third-order valence-corrected chi connectivity index (χ3v) is 8.45. The number of rotatable bonds is 9. The van der Waals surface area contributed by atoms with E-state index in [1.165, 1.54) is 30.5 Å². The second-order valence-corrected chi connectivity index (χ2v) is 13.1. The summed E-state index contributed by atoms with van der Waals surface area (Å²) in [6, 6.07) is 6.63. The molecule has 256 valence electrons. The van der Waals surface area contributed by atoms with Crippen LogP contribution < -0.4 is 15.4 Å². The second-order valence-electron chi connectivity index (χ2n) is 10.5. The van der Waals surface area contributed by atoms with Crippen LogP contribution in [0, 0.1) is 6.92 Å².